The molecule has 19 nitrogen and oxygen atoms in total. The zero-order valence-corrected chi connectivity index (χ0v) is 35.9. The van der Waals surface area contributed by atoms with E-state index in [1.54, 1.807) is 0 Å². The minimum absolute atomic E-state index is 0.0233. The molecule has 0 aromatic rings. The van der Waals surface area contributed by atoms with Gasteiger partial charge < -0.3 is 45.8 Å². The summed E-state index contributed by atoms with van der Waals surface area (Å²) in [5, 5.41) is 74.4. The molecule has 0 aromatic carbocycles. The second-order valence-corrected chi connectivity index (χ2v) is 18.7. The molecule has 4 fully saturated rings. The summed E-state index contributed by atoms with van der Waals surface area (Å²) in [5.74, 6) is -6.47. The Kier molecular flexibility index (Phi) is 17.5. The molecule has 61 heavy (non-hydrogen) atoms. The van der Waals surface area contributed by atoms with E-state index in [1.807, 2.05) is 0 Å². The lowest BCUT2D eigenvalue weighted by molar-refractivity contribution is -0.202. The van der Waals surface area contributed by atoms with Crippen LogP contribution < -0.4 is 5.32 Å². The van der Waals surface area contributed by atoms with E-state index < -0.39 is 80.2 Å². The number of aliphatic hydroxyl groups is 2. The lowest BCUT2D eigenvalue weighted by Gasteiger charge is -2.63. The Balaban J connectivity index is 1.41. The minimum Gasteiger partial charge on any atom is -0.480 e. The molecule has 12 atom stereocenters. The number of carboxylic acid groups (broad SMARTS) is 5. The highest BCUT2D eigenvalue weighted by atomic mass is 16.5. The molecule has 0 spiro atoms. The fourth-order valence-electron chi connectivity index (χ4n) is 12.1. The molecule has 0 saturated heterocycles. The summed E-state index contributed by atoms with van der Waals surface area (Å²) in [5.41, 5.74) is -0.566. The van der Waals surface area contributed by atoms with Gasteiger partial charge in [-0.1, -0.05) is 20.8 Å². The molecule has 8 N–H and O–H groups in total. The van der Waals surface area contributed by atoms with Crippen LogP contribution in [0.25, 0.3) is 0 Å². The first-order valence-electron chi connectivity index (χ1n) is 21.6. The van der Waals surface area contributed by atoms with Crippen molar-refractivity contribution in [3.63, 3.8) is 0 Å². The molecular formula is C42H68N4O15. The summed E-state index contributed by atoms with van der Waals surface area (Å²) >= 11 is 0. The standard InChI is InChI=1S/C42H68N4O15/c1-24(5-10-38(58)61-4)27-6-7-28-39-29(19-32(48)42(27,28)3)41(2)12-11-26(17-25(41)18-31(39)47)43-33(49)9-8-30(40(59)60)46(15-13-44(20-34(50)51)21-35(52)53)16-14-45(22-36(54)55)23-37(56)57/h24-32,39,47-48H,5-23H2,1-4H3,(H,43,49)(H,50,51)(H,52,53)(H,54,55)(H,56,57)(H,59,60)/t24?,25?,26-,27+,28?,29?,30+,31?,32-,39?,41-,42+/m0/s1. The predicted octanol–water partition coefficient (Wildman–Crippen LogP) is 1.14. The number of rotatable bonds is 24. The van der Waals surface area contributed by atoms with Gasteiger partial charge in [-0.25, -0.2) is 0 Å². The van der Waals surface area contributed by atoms with Crippen molar-refractivity contribution in [1.29, 1.82) is 0 Å². The molecule has 1 amide bonds. The summed E-state index contributed by atoms with van der Waals surface area (Å²) in [6, 6.07) is -1.58. The molecule has 19 heteroatoms. The number of carboxylic acids is 5. The summed E-state index contributed by atoms with van der Waals surface area (Å²) < 4.78 is 4.87. The van der Waals surface area contributed by atoms with Crippen LogP contribution in [0.2, 0.25) is 0 Å². The first-order valence-corrected chi connectivity index (χ1v) is 21.6. The van der Waals surface area contributed by atoms with Crippen molar-refractivity contribution in [1.82, 2.24) is 20.0 Å². The molecular weight excluding hydrogens is 800 g/mol. The van der Waals surface area contributed by atoms with Gasteiger partial charge in [-0.2, -0.15) is 0 Å². The number of nitrogens with one attached hydrogen (secondary N) is 1. The van der Waals surface area contributed by atoms with Gasteiger partial charge in [-0.3, -0.25) is 48.3 Å². The Morgan fingerprint density at radius 1 is 0.721 bits per heavy atom. The molecule has 6 unspecified atom stereocenters. The van der Waals surface area contributed by atoms with Gasteiger partial charge in [0, 0.05) is 45.1 Å². The zero-order chi connectivity index (χ0) is 45.4. The van der Waals surface area contributed by atoms with E-state index in [0.29, 0.717) is 38.5 Å². The van der Waals surface area contributed by atoms with E-state index in [1.165, 1.54) is 12.0 Å². The van der Waals surface area contributed by atoms with Crippen LogP contribution in [0.3, 0.4) is 0 Å². The highest BCUT2D eigenvalue weighted by molar-refractivity contribution is 5.79. The molecule has 4 aliphatic rings. The number of ether oxygens (including phenoxy) is 1. The van der Waals surface area contributed by atoms with Gasteiger partial charge in [0.15, 0.2) is 0 Å². The number of nitrogens with zero attached hydrogens (tertiary/aromatic N) is 3. The summed E-state index contributed by atoms with van der Waals surface area (Å²) in [4.78, 5) is 87.3. The van der Waals surface area contributed by atoms with Crippen LogP contribution in [0.5, 0.6) is 0 Å². The molecule has 4 saturated carbocycles. The fraction of sp³-hybridized carbons (Fsp3) is 0.833. The van der Waals surface area contributed by atoms with E-state index in [4.69, 9.17) is 4.74 Å². The second kappa shape index (κ2) is 21.4. The van der Waals surface area contributed by atoms with Crippen LogP contribution in [0, 0.1) is 46.3 Å². The monoisotopic (exact) mass is 868 g/mol. The lowest BCUT2D eigenvalue weighted by Crippen LogP contribution is -2.63. The number of methoxy groups -OCH3 is 1. The summed E-state index contributed by atoms with van der Waals surface area (Å²) in [6.07, 6.45) is 4.43. The Hall–Kier alpha value is -3.91. The van der Waals surface area contributed by atoms with Crippen molar-refractivity contribution in [2.45, 2.75) is 116 Å². The van der Waals surface area contributed by atoms with E-state index >= 15 is 0 Å². The predicted molar refractivity (Wildman–Crippen MR) is 216 cm³/mol. The van der Waals surface area contributed by atoms with Crippen LogP contribution in [0.4, 0.5) is 0 Å². The molecule has 0 aliphatic heterocycles. The van der Waals surface area contributed by atoms with E-state index in [0.717, 1.165) is 29.1 Å². The van der Waals surface area contributed by atoms with Crippen molar-refractivity contribution in [2.75, 3.05) is 59.5 Å². The number of carbonyl (C=O) groups is 7. The van der Waals surface area contributed by atoms with E-state index in [-0.39, 0.29) is 97.4 Å². The number of carbonyl (C=O) groups excluding carboxylic acids is 2. The third kappa shape index (κ3) is 12.4. The lowest BCUT2D eigenvalue weighted by atomic mass is 9.43. The van der Waals surface area contributed by atoms with Gasteiger partial charge in [-0.05, 0) is 104 Å². The average molecular weight is 869 g/mol. The maximum atomic E-state index is 13.5. The summed E-state index contributed by atoms with van der Waals surface area (Å²) in [7, 11) is 1.38. The molecule has 346 valence electrons. The van der Waals surface area contributed by atoms with Crippen molar-refractivity contribution in [3.8, 4) is 0 Å². The van der Waals surface area contributed by atoms with Gasteiger partial charge in [0.05, 0.1) is 45.5 Å². The zero-order valence-electron chi connectivity index (χ0n) is 35.9. The van der Waals surface area contributed by atoms with Crippen LogP contribution in [0.15, 0.2) is 0 Å². The minimum atomic E-state index is -1.34. The highest BCUT2D eigenvalue weighted by Crippen LogP contribution is 2.68. The Morgan fingerprint density at radius 2 is 1.28 bits per heavy atom. The maximum absolute atomic E-state index is 13.5. The molecule has 0 bridgehead atoms. The van der Waals surface area contributed by atoms with Crippen molar-refractivity contribution < 1.29 is 74.0 Å². The molecule has 0 radical (unpaired) electrons. The topological polar surface area (TPSA) is 292 Å². The highest BCUT2D eigenvalue weighted by Gasteiger charge is 2.65. The van der Waals surface area contributed by atoms with E-state index in [2.05, 4.69) is 26.1 Å². The van der Waals surface area contributed by atoms with Crippen LogP contribution in [0.1, 0.15) is 91.4 Å². The van der Waals surface area contributed by atoms with E-state index in [9.17, 15) is 69.3 Å². The largest absolute Gasteiger partial charge is 0.480 e. The SMILES string of the molecule is COC(=O)CCC(C)[C@H]1CCC2C3C(O)CC4C[C@@H](NC(=O)CC[C@H](C(=O)O)N(CCN(CC(=O)O)CC(=O)O)CCN(CC(=O)O)CC(=O)O)CC[C@]4(C)C3C[C@H](O)[C@@]21C. The number of amides is 1. The van der Waals surface area contributed by atoms with Gasteiger partial charge in [0.1, 0.15) is 6.04 Å². The number of hydrogen-bond donors (Lipinski definition) is 8. The Bertz CT molecular complexity index is 1530. The van der Waals surface area contributed by atoms with Crippen molar-refractivity contribution in [2.24, 2.45) is 46.3 Å². The molecule has 4 aliphatic carbocycles. The van der Waals surface area contributed by atoms with Gasteiger partial charge in [-0.15, -0.1) is 0 Å². The number of aliphatic carboxylic acids is 5. The van der Waals surface area contributed by atoms with Gasteiger partial charge in [0.2, 0.25) is 5.91 Å². The molecule has 0 aromatic heterocycles. The normalized spacial score (nSPS) is 31.7. The number of aliphatic hydroxyl groups excluding tert-OH is 2. The Labute approximate surface area is 356 Å². The quantitative estimate of drug-likeness (QED) is 0.0631. The van der Waals surface area contributed by atoms with Crippen LogP contribution in [-0.4, -0.2) is 176 Å². The van der Waals surface area contributed by atoms with Gasteiger partial charge >= 0.3 is 35.8 Å². The van der Waals surface area contributed by atoms with Crippen LogP contribution >= 0.6 is 0 Å². The molecule has 0 heterocycles. The van der Waals surface area contributed by atoms with Crippen LogP contribution in [-0.2, 0) is 38.3 Å². The Morgan fingerprint density at radius 3 is 1.79 bits per heavy atom. The maximum Gasteiger partial charge on any atom is 0.320 e. The molecule has 4 rings (SSSR count). The van der Waals surface area contributed by atoms with Crippen molar-refractivity contribution in [3.05, 3.63) is 0 Å². The first kappa shape index (κ1) is 49.7. The summed E-state index contributed by atoms with van der Waals surface area (Å²) in [6.45, 7) is 3.24. The number of fused-ring (bicyclic) bond motifs is 5. The number of hydrogen-bond acceptors (Lipinski definition) is 13. The fourth-order valence-corrected chi connectivity index (χ4v) is 12.1. The second-order valence-electron chi connectivity index (χ2n) is 18.7. The van der Waals surface area contributed by atoms with Crippen molar-refractivity contribution >= 4 is 41.7 Å². The average Bonchev–Trinajstić information content (AvgIpc) is 3.52. The third-order valence-corrected chi connectivity index (χ3v) is 15.2. The smallest absolute Gasteiger partial charge is 0.320 e. The third-order valence-electron chi connectivity index (χ3n) is 15.2. The number of esters is 1. The first-order chi connectivity index (χ1) is 28.6. The van der Waals surface area contributed by atoms with Gasteiger partial charge in [0.25, 0.3) is 0 Å².